The average molecular weight is 312 g/mol. The summed E-state index contributed by atoms with van der Waals surface area (Å²) in [4.78, 5) is -0.203. The molecule has 0 atom stereocenters. The van der Waals surface area contributed by atoms with Gasteiger partial charge in [0.15, 0.2) is 0 Å². The Hall–Kier alpha value is -0.490. The maximum atomic E-state index is 11.2. The highest BCUT2D eigenvalue weighted by Gasteiger charge is 2.18. The van der Waals surface area contributed by atoms with Gasteiger partial charge in [0.1, 0.15) is 10.6 Å². The third-order valence-electron chi connectivity index (χ3n) is 2.50. The molecule has 0 aromatic heterocycles. The highest BCUT2D eigenvalue weighted by molar-refractivity contribution is 7.89. The molecule has 0 radical (unpaired) electrons. The topological polar surface area (TPSA) is 69.4 Å². The van der Waals surface area contributed by atoms with E-state index < -0.39 is 10.0 Å². The average Bonchev–Trinajstić information content (AvgIpc) is 2.28. The van der Waals surface area contributed by atoms with Crippen LogP contribution in [0.25, 0.3) is 0 Å². The van der Waals surface area contributed by atoms with E-state index in [1.165, 1.54) is 12.1 Å². The van der Waals surface area contributed by atoms with Gasteiger partial charge in [-0.3, -0.25) is 0 Å². The maximum Gasteiger partial charge on any atom is 0.239 e. The second kappa shape index (κ2) is 6.10. The van der Waals surface area contributed by atoms with E-state index in [0.717, 1.165) is 12.8 Å². The summed E-state index contributed by atoms with van der Waals surface area (Å²) in [6.45, 7) is 3.98. The van der Waals surface area contributed by atoms with E-state index in [4.69, 9.17) is 33.1 Å². The van der Waals surface area contributed by atoms with Gasteiger partial charge in [0.05, 0.1) is 16.1 Å². The molecule has 102 valence electrons. The number of primary sulfonamides is 1. The fraction of sp³-hybridized carbons (Fsp3) is 0.455. The Bertz CT molecular complexity index is 527. The van der Waals surface area contributed by atoms with E-state index in [1.54, 1.807) is 0 Å². The smallest absolute Gasteiger partial charge is 0.239 e. The molecule has 0 amide bonds. The van der Waals surface area contributed by atoms with E-state index in [2.05, 4.69) is 0 Å². The molecule has 0 aliphatic heterocycles. The maximum absolute atomic E-state index is 11.2. The Morgan fingerprint density at radius 3 is 2.22 bits per heavy atom. The predicted molar refractivity (Wildman–Crippen MR) is 72.8 cm³/mol. The Labute approximate surface area is 117 Å². The van der Waals surface area contributed by atoms with Crippen molar-refractivity contribution >= 4 is 33.2 Å². The third-order valence-corrected chi connectivity index (χ3v) is 4.17. The van der Waals surface area contributed by atoms with Gasteiger partial charge < -0.3 is 4.74 Å². The van der Waals surface area contributed by atoms with Gasteiger partial charge in [-0.25, -0.2) is 13.6 Å². The summed E-state index contributed by atoms with van der Waals surface area (Å²) in [6.07, 6.45) is 1.65. The zero-order valence-electron chi connectivity index (χ0n) is 10.1. The quantitative estimate of drug-likeness (QED) is 0.907. The fourth-order valence-electron chi connectivity index (χ4n) is 1.45. The molecule has 0 aliphatic carbocycles. The van der Waals surface area contributed by atoms with Crippen LogP contribution in [-0.2, 0) is 10.0 Å². The van der Waals surface area contributed by atoms with Gasteiger partial charge in [-0.1, -0.05) is 37.0 Å². The lowest BCUT2D eigenvalue weighted by molar-refractivity contribution is 0.193. The van der Waals surface area contributed by atoms with E-state index in [1.807, 2.05) is 13.8 Å². The fourth-order valence-corrected chi connectivity index (χ4v) is 2.82. The van der Waals surface area contributed by atoms with Crippen molar-refractivity contribution in [2.75, 3.05) is 0 Å². The van der Waals surface area contributed by atoms with Crippen molar-refractivity contribution in [3.63, 3.8) is 0 Å². The zero-order valence-corrected chi connectivity index (χ0v) is 12.4. The van der Waals surface area contributed by atoms with E-state index in [9.17, 15) is 8.42 Å². The van der Waals surface area contributed by atoms with Gasteiger partial charge in [0.25, 0.3) is 0 Å². The molecule has 0 heterocycles. The van der Waals surface area contributed by atoms with Crippen LogP contribution in [0.15, 0.2) is 17.0 Å². The largest absolute Gasteiger partial charge is 0.489 e. The van der Waals surface area contributed by atoms with Crippen molar-refractivity contribution < 1.29 is 13.2 Å². The summed E-state index contributed by atoms with van der Waals surface area (Å²) in [5.41, 5.74) is 0. The Morgan fingerprint density at radius 2 is 1.78 bits per heavy atom. The number of ether oxygens (including phenoxy) is 1. The Kier molecular flexibility index (Phi) is 5.28. The number of hydrogen-bond acceptors (Lipinski definition) is 3. The summed E-state index contributed by atoms with van der Waals surface area (Å²) < 4.78 is 28.1. The van der Waals surface area contributed by atoms with Gasteiger partial charge >= 0.3 is 0 Å². The Balaban J connectivity index is 3.15. The van der Waals surface area contributed by atoms with Crippen LogP contribution in [0.2, 0.25) is 10.0 Å². The molecule has 18 heavy (non-hydrogen) atoms. The first-order valence-electron chi connectivity index (χ1n) is 5.48. The number of benzene rings is 1. The first-order chi connectivity index (χ1) is 8.29. The molecule has 0 fully saturated rings. The molecule has 0 spiro atoms. The van der Waals surface area contributed by atoms with E-state index in [0.29, 0.717) is 5.75 Å². The van der Waals surface area contributed by atoms with Crippen LogP contribution in [0.4, 0.5) is 0 Å². The molecule has 1 aromatic rings. The molecular formula is C11H15Cl2NO3S. The summed E-state index contributed by atoms with van der Waals surface area (Å²) in [5, 5.41) is 5.20. The van der Waals surface area contributed by atoms with Gasteiger partial charge in [-0.15, -0.1) is 0 Å². The molecule has 4 nitrogen and oxygen atoms in total. The lowest BCUT2D eigenvalue weighted by atomic mass is 10.2. The van der Waals surface area contributed by atoms with E-state index >= 15 is 0 Å². The van der Waals surface area contributed by atoms with Crippen LogP contribution < -0.4 is 9.88 Å². The van der Waals surface area contributed by atoms with Gasteiger partial charge in [0, 0.05) is 6.07 Å². The second-order valence-electron chi connectivity index (χ2n) is 3.81. The zero-order chi connectivity index (χ0) is 13.9. The standard InChI is InChI=1S/C11H15Cl2NO3S/c1-3-7(4-2)17-10-5-9(13)11(6-8(10)12)18(14,15)16/h5-7H,3-4H2,1-2H3,(H2,14,15,16). The van der Waals surface area contributed by atoms with Crippen LogP contribution in [0.1, 0.15) is 26.7 Å². The minimum Gasteiger partial charge on any atom is -0.489 e. The van der Waals surface area contributed by atoms with Crippen LogP contribution in [0.5, 0.6) is 5.75 Å². The molecule has 2 N–H and O–H groups in total. The van der Waals surface area contributed by atoms with Crippen molar-refractivity contribution in [3.8, 4) is 5.75 Å². The number of sulfonamides is 1. The SMILES string of the molecule is CCC(CC)Oc1cc(Cl)c(S(N)(=O)=O)cc1Cl. The van der Waals surface area contributed by atoms with Crippen LogP contribution in [0.3, 0.4) is 0 Å². The minimum atomic E-state index is -3.88. The van der Waals surface area contributed by atoms with Crippen molar-refractivity contribution in [2.45, 2.75) is 37.7 Å². The number of halogens is 2. The molecule has 0 saturated carbocycles. The summed E-state index contributed by atoms with van der Waals surface area (Å²) in [5.74, 6) is 0.364. The van der Waals surface area contributed by atoms with Gasteiger partial charge in [-0.2, -0.15) is 0 Å². The molecule has 0 saturated heterocycles. The summed E-state index contributed by atoms with van der Waals surface area (Å²) in [7, 11) is -3.88. The van der Waals surface area contributed by atoms with Crippen molar-refractivity contribution in [1.29, 1.82) is 0 Å². The number of hydrogen-bond donors (Lipinski definition) is 1. The minimum absolute atomic E-state index is 0.00264. The van der Waals surface area contributed by atoms with Crippen molar-refractivity contribution in [2.24, 2.45) is 5.14 Å². The monoisotopic (exact) mass is 311 g/mol. The van der Waals surface area contributed by atoms with Crippen molar-refractivity contribution in [1.82, 2.24) is 0 Å². The summed E-state index contributed by atoms with van der Waals surface area (Å²) >= 11 is 11.8. The van der Waals surface area contributed by atoms with Crippen molar-refractivity contribution in [3.05, 3.63) is 22.2 Å². The lowest BCUT2D eigenvalue weighted by Crippen LogP contribution is -2.15. The highest BCUT2D eigenvalue weighted by atomic mass is 35.5. The summed E-state index contributed by atoms with van der Waals surface area (Å²) in [6, 6.07) is 2.58. The van der Waals surface area contributed by atoms with Crippen LogP contribution in [-0.4, -0.2) is 14.5 Å². The first kappa shape index (κ1) is 15.6. The first-order valence-corrected chi connectivity index (χ1v) is 7.78. The molecule has 0 unspecified atom stereocenters. The normalized spacial score (nSPS) is 11.9. The lowest BCUT2D eigenvalue weighted by Gasteiger charge is -2.17. The number of rotatable bonds is 5. The van der Waals surface area contributed by atoms with Gasteiger partial charge in [-0.05, 0) is 18.9 Å². The second-order valence-corrected chi connectivity index (χ2v) is 6.16. The molecule has 0 bridgehead atoms. The van der Waals surface area contributed by atoms with Crippen LogP contribution >= 0.6 is 23.2 Å². The predicted octanol–water partition coefficient (Wildman–Crippen LogP) is 3.21. The van der Waals surface area contributed by atoms with Gasteiger partial charge in [0.2, 0.25) is 10.0 Å². The molecular weight excluding hydrogens is 297 g/mol. The Morgan fingerprint density at radius 1 is 1.22 bits per heavy atom. The highest BCUT2D eigenvalue weighted by Crippen LogP contribution is 2.34. The third kappa shape index (κ3) is 3.75. The van der Waals surface area contributed by atoms with Crippen LogP contribution in [0, 0.1) is 0 Å². The molecule has 7 heteroatoms. The molecule has 0 aliphatic rings. The van der Waals surface area contributed by atoms with E-state index in [-0.39, 0.29) is 21.0 Å². The molecule has 1 aromatic carbocycles. The number of nitrogens with two attached hydrogens (primary N) is 1. The molecule has 1 rings (SSSR count).